The van der Waals surface area contributed by atoms with E-state index >= 15 is 0 Å². The second-order valence-electron chi connectivity index (χ2n) is 5.18. The lowest BCUT2D eigenvalue weighted by Gasteiger charge is -2.28. The van der Waals surface area contributed by atoms with Gasteiger partial charge in [0.25, 0.3) is 10.0 Å². The number of nitrogens with two attached hydrogens (primary N) is 1. The van der Waals surface area contributed by atoms with Crippen molar-refractivity contribution in [2.24, 2.45) is 11.7 Å². The van der Waals surface area contributed by atoms with Crippen molar-refractivity contribution in [3.63, 3.8) is 0 Å². The van der Waals surface area contributed by atoms with E-state index in [0.29, 0.717) is 11.7 Å². The number of hydrogen-bond acceptors (Lipinski definition) is 4. The Morgan fingerprint density at radius 3 is 2.84 bits per heavy atom. The largest absolute Gasteiger partial charge is 0.447 e. The van der Waals surface area contributed by atoms with Gasteiger partial charge in [-0.1, -0.05) is 26.2 Å². The minimum atomic E-state index is -3.55. The molecule has 1 aliphatic rings. The predicted molar refractivity (Wildman–Crippen MR) is 73.0 cm³/mol. The summed E-state index contributed by atoms with van der Waals surface area (Å²) in [6, 6.07) is 3.09. The fourth-order valence-corrected chi connectivity index (χ4v) is 3.89. The summed E-state index contributed by atoms with van der Waals surface area (Å²) in [4.78, 5) is 0. The molecule has 2 atom stereocenters. The maximum atomic E-state index is 12.2. The van der Waals surface area contributed by atoms with E-state index in [0.717, 1.165) is 25.7 Å². The Labute approximate surface area is 114 Å². The van der Waals surface area contributed by atoms with E-state index in [9.17, 15) is 8.42 Å². The third-order valence-corrected chi connectivity index (χ3v) is 5.18. The SMILES string of the molecule is CCC1CCCC(NS(=O)(=O)c2ccc(CN)o2)C1. The van der Waals surface area contributed by atoms with Crippen molar-refractivity contribution in [3.05, 3.63) is 17.9 Å². The fraction of sp³-hybridized carbons (Fsp3) is 0.692. The molecule has 1 aromatic rings. The minimum absolute atomic E-state index is 0.0233. The van der Waals surface area contributed by atoms with Crippen LogP contribution in [0.3, 0.4) is 0 Å². The van der Waals surface area contributed by atoms with Crippen LogP contribution in [0.5, 0.6) is 0 Å². The molecule has 19 heavy (non-hydrogen) atoms. The van der Waals surface area contributed by atoms with E-state index in [1.807, 2.05) is 0 Å². The van der Waals surface area contributed by atoms with Gasteiger partial charge in [-0.2, -0.15) is 0 Å². The van der Waals surface area contributed by atoms with Gasteiger partial charge < -0.3 is 10.2 Å². The highest BCUT2D eigenvalue weighted by molar-refractivity contribution is 7.89. The first-order valence-corrected chi connectivity index (χ1v) is 8.34. The third kappa shape index (κ3) is 3.58. The van der Waals surface area contributed by atoms with Gasteiger partial charge in [0.05, 0.1) is 6.54 Å². The molecule has 1 fully saturated rings. The summed E-state index contributed by atoms with van der Waals surface area (Å²) in [5.74, 6) is 1.10. The molecule has 0 saturated heterocycles. The van der Waals surface area contributed by atoms with Crippen molar-refractivity contribution in [2.45, 2.75) is 56.7 Å². The van der Waals surface area contributed by atoms with Crippen LogP contribution in [0.4, 0.5) is 0 Å². The van der Waals surface area contributed by atoms with Crippen molar-refractivity contribution < 1.29 is 12.8 Å². The molecule has 6 heteroatoms. The third-order valence-electron chi connectivity index (χ3n) is 3.79. The van der Waals surface area contributed by atoms with Crippen LogP contribution in [0.2, 0.25) is 0 Å². The Morgan fingerprint density at radius 2 is 2.21 bits per heavy atom. The van der Waals surface area contributed by atoms with Gasteiger partial charge in [-0.05, 0) is 30.9 Å². The molecule has 0 amide bonds. The lowest BCUT2D eigenvalue weighted by molar-refractivity contribution is 0.299. The molecule has 0 radical (unpaired) electrons. The average molecular weight is 286 g/mol. The molecular formula is C13H22N2O3S. The highest BCUT2D eigenvalue weighted by Crippen LogP contribution is 2.27. The minimum Gasteiger partial charge on any atom is -0.447 e. The lowest BCUT2D eigenvalue weighted by atomic mass is 9.85. The highest BCUT2D eigenvalue weighted by atomic mass is 32.2. The van der Waals surface area contributed by atoms with E-state index in [1.54, 1.807) is 6.07 Å². The molecule has 5 nitrogen and oxygen atoms in total. The van der Waals surface area contributed by atoms with Crippen LogP contribution in [0.1, 0.15) is 44.8 Å². The first kappa shape index (κ1) is 14.6. The van der Waals surface area contributed by atoms with Crippen LogP contribution in [0.25, 0.3) is 0 Å². The quantitative estimate of drug-likeness (QED) is 0.866. The molecule has 2 rings (SSSR count). The van der Waals surface area contributed by atoms with E-state index in [1.165, 1.54) is 12.5 Å². The van der Waals surface area contributed by atoms with E-state index in [-0.39, 0.29) is 17.7 Å². The molecule has 0 aliphatic heterocycles. The smallest absolute Gasteiger partial charge is 0.274 e. The molecule has 2 unspecified atom stereocenters. The van der Waals surface area contributed by atoms with Crippen molar-refractivity contribution in [2.75, 3.05) is 0 Å². The number of sulfonamides is 1. The maximum absolute atomic E-state index is 12.2. The summed E-state index contributed by atoms with van der Waals surface area (Å²) in [6.07, 6.45) is 5.21. The Kier molecular flexibility index (Phi) is 4.65. The van der Waals surface area contributed by atoms with E-state index < -0.39 is 10.0 Å². The Balaban J connectivity index is 2.04. The van der Waals surface area contributed by atoms with Crippen molar-refractivity contribution >= 4 is 10.0 Å². The molecule has 108 valence electrons. The van der Waals surface area contributed by atoms with Gasteiger partial charge in [0, 0.05) is 6.04 Å². The van der Waals surface area contributed by atoms with Crippen molar-refractivity contribution in [1.82, 2.24) is 4.72 Å². The lowest BCUT2D eigenvalue weighted by Crippen LogP contribution is -2.38. The predicted octanol–water partition coefficient (Wildman–Crippen LogP) is 1.99. The fourth-order valence-electron chi connectivity index (χ4n) is 2.66. The van der Waals surface area contributed by atoms with Gasteiger partial charge in [-0.15, -0.1) is 0 Å². The summed E-state index contributed by atoms with van der Waals surface area (Å²) >= 11 is 0. The van der Waals surface area contributed by atoms with Gasteiger partial charge in [0.2, 0.25) is 5.09 Å². The zero-order valence-corrected chi connectivity index (χ0v) is 12.1. The number of nitrogens with one attached hydrogen (secondary N) is 1. The molecule has 3 N–H and O–H groups in total. The summed E-state index contributed by atoms with van der Waals surface area (Å²) in [5, 5.41) is -0.0356. The van der Waals surface area contributed by atoms with E-state index in [4.69, 9.17) is 10.2 Å². The summed E-state index contributed by atoms with van der Waals surface area (Å²) in [7, 11) is -3.55. The number of hydrogen-bond donors (Lipinski definition) is 2. The first-order valence-electron chi connectivity index (χ1n) is 6.86. The van der Waals surface area contributed by atoms with Crippen molar-refractivity contribution in [3.8, 4) is 0 Å². The molecule has 1 saturated carbocycles. The summed E-state index contributed by atoms with van der Waals surface area (Å²) in [6.45, 7) is 2.36. The van der Waals surface area contributed by atoms with Gasteiger partial charge in [-0.25, -0.2) is 13.1 Å². The monoisotopic (exact) mass is 286 g/mol. The Hall–Kier alpha value is -0.850. The van der Waals surface area contributed by atoms with Crippen LogP contribution in [0, 0.1) is 5.92 Å². The van der Waals surface area contributed by atoms with Crippen LogP contribution >= 0.6 is 0 Å². The van der Waals surface area contributed by atoms with Gasteiger partial charge in [0.15, 0.2) is 0 Å². The van der Waals surface area contributed by atoms with E-state index in [2.05, 4.69) is 11.6 Å². The topological polar surface area (TPSA) is 85.3 Å². The molecular weight excluding hydrogens is 264 g/mol. The number of rotatable bonds is 5. The summed E-state index contributed by atoms with van der Waals surface area (Å²) < 4.78 is 32.3. The zero-order valence-electron chi connectivity index (χ0n) is 11.3. The molecule has 1 heterocycles. The van der Waals surface area contributed by atoms with Crippen molar-refractivity contribution in [1.29, 1.82) is 0 Å². The maximum Gasteiger partial charge on any atom is 0.274 e. The van der Waals surface area contributed by atoms with Crippen LogP contribution in [-0.4, -0.2) is 14.5 Å². The second-order valence-corrected chi connectivity index (χ2v) is 6.83. The number of furan rings is 1. The molecule has 0 bridgehead atoms. The normalized spacial score (nSPS) is 24.5. The average Bonchev–Trinajstić information content (AvgIpc) is 2.88. The van der Waals surface area contributed by atoms with Crippen LogP contribution < -0.4 is 10.5 Å². The summed E-state index contributed by atoms with van der Waals surface area (Å²) in [5.41, 5.74) is 5.42. The van der Waals surface area contributed by atoms with Gasteiger partial charge >= 0.3 is 0 Å². The molecule has 1 aromatic heterocycles. The van der Waals surface area contributed by atoms with Crippen LogP contribution in [-0.2, 0) is 16.6 Å². The molecule has 0 aromatic carbocycles. The Morgan fingerprint density at radius 1 is 1.42 bits per heavy atom. The zero-order chi connectivity index (χ0) is 13.9. The van der Waals surface area contributed by atoms with Gasteiger partial charge in [0.1, 0.15) is 5.76 Å². The molecule has 0 spiro atoms. The molecule has 1 aliphatic carbocycles. The highest BCUT2D eigenvalue weighted by Gasteiger charge is 2.27. The van der Waals surface area contributed by atoms with Gasteiger partial charge in [-0.3, -0.25) is 0 Å². The standard InChI is InChI=1S/C13H22N2O3S/c1-2-10-4-3-5-11(8-10)15-19(16,17)13-7-6-12(9-14)18-13/h6-7,10-11,15H,2-5,8-9,14H2,1H3. The Bertz CT molecular complexity index is 510. The first-order chi connectivity index (χ1) is 9.05. The second kappa shape index (κ2) is 6.07. The van der Waals surface area contributed by atoms with Crippen LogP contribution in [0.15, 0.2) is 21.6 Å².